The number of hydrogen-bond acceptors (Lipinski definition) is 1. The van der Waals surface area contributed by atoms with Gasteiger partial charge in [0.2, 0.25) is 0 Å². The van der Waals surface area contributed by atoms with Gasteiger partial charge in [-0.25, -0.2) is 0 Å². The maximum Gasteiger partial charge on any atom is 0.268 e. The quantitative estimate of drug-likeness (QED) is 0.518. The van der Waals surface area contributed by atoms with Crippen LogP contribution in [0.5, 0.6) is 0 Å². The summed E-state index contributed by atoms with van der Waals surface area (Å²) in [6.45, 7) is 2.24. The van der Waals surface area contributed by atoms with E-state index >= 15 is 0 Å². The highest BCUT2D eigenvalue weighted by Gasteiger charge is 1.84. The molecule has 0 aliphatic rings. The van der Waals surface area contributed by atoms with E-state index in [1.165, 1.54) is 0 Å². The molecular weight excluding hydrogens is 114 g/mol. The minimum absolute atomic E-state index is 0.0127. The summed E-state index contributed by atoms with van der Waals surface area (Å²) in [4.78, 5) is 0. The van der Waals surface area contributed by atoms with E-state index in [0.29, 0.717) is 6.61 Å². The van der Waals surface area contributed by atoms with Crippen molar-refractivity contribution in [2.75, 3.05) is 13.2 Å². The van der Waals surface area contributed by atoms with Gasteiger partial charge in [0.05, 0.1) is 6.61 Å². The average molecular weight is 122 g/mol. The third-order valence-electron chi connectivity index (χ3n) is 0.560. The maximum absolute atomic E-state index is 11.1. The van der Waals surface area contributed by atoms with Gasteiger partial charge in [0.15, 0.2) is 0 Å². The second-order valence-corrected chi connectivity index (χ2v) is 1.15. The van der Waals surface area contributed by atoms with Crippen molar-refractivity contribution in [1.82, 2.24) is 0 Å². The first kappa shape index (κ1) is 7.56. The van der Waals surface area contributed by atoms with Crippen LogP contribution in [-0.2, 0) is 4.74 Å². The standard InChI is InChI=1S/C5H8F2O/c1-2-8-4-3-5(6)7/h3H,2,4H2,1H3. The fourth-order valence-corrected chi connectivity index (χ4v) is 0.240. The second kappa shape index (κ2) is 4.71. The molecule has 0 bridgehead atoms. The van der Waals surface area contributed by atoms with E-state index < -0.39 is 6.08 Å². The molecule has 1 nitrogen and oxygen atoms in total. The SMILES string of the molecule is CCOCC=C(F)F. The Hall–Kier alpha value is -0.440. The highest BCUT2D eigenvalue weighted by Crippen LogP contribution is 1.94. The summed E-state index contributed by atoms with van der Waals surface area (Å²) in [5.74, 6) is 0. The monoisotopic (exact) mass is 122 g/mol. The molecule has 0 aromatic carbocycles. The van der Waals surface area contributed by atoms with Crippen molar-refractivity contribution in [3.63, 3.8) is 0 Å². The molecule has 0 heterocycles. The van der Waals surface area contributed by atoms with E-state index in [2.05, 4.69) is 4.74 Å². The minimum Gasteiger partial charge on any atom is -0.377 e. The van der Waals surface area contributed by atoms with E-state index in [1.54, 1.807) is 6.92 Å². The summed E-state index contributed by atoms with van der Waals surface area (Å²) >= 11 is 0. The van der Waals surface area contributed by atoms with Crippen LogP contribution in [0.15, 0.2) is 12.2 Å². The fraction of sp³-hybridized carbons (Fsp3) is 0.600. The highest BCUT2D eigenvalue weighted by molar-refractivity contribution is 4.79. The fourth-order valence-electron chi connectivity index (χ4n) is 0.240. The molecule has 0 unspecified atom stereocenters. The topological polar surface area (TPSA) is 9.23 Å². The predicted octanol–water partition coefficient (Wildman–Crippen LogP) is 1.80. The molecule has 0 saturated carbocycles. The van der Waals surface area contributed by atoms with Gasteiger partial charge < -0.3 is 4.74 Å². The van der Waals surface area contributed by atoms with Crippen LogP contribution in [0.4, 0.5) is 8.78 Å². The summed E-state index contributed by atoms with van der Waals surface area (Å²) in [5, 5.41) is 0. The normalized spacial score (nSPS) is 8.88. The Bertz CT molecular complexity index is 76.5. The van der Waals surface area contributed by atoms with Gasteiger partial charge >= 0.3 is 0 Å². The van der Waals surface area contributed by atoms with E-state index in [1.807, 2.05) is 0 Å². The Balaban J connectivity index is 3.03. The first-order chi connectivity index (χ1) is 3.77. The highest BCUT2D eigenvalue weighted by atomic mass is 19.3. The summed E-state index contributed by atoms with van der Waals surface area (Å²) in [6, 6.07) is 0. The number of hydrogen-bond donors (Lipinski definition) is 0. The Kier molecular flexibility index (Phi) is 4.45. The van der Waals surface area contributed by atoms with Crippen LogP contribution in [0.3, 0.4) is 0 Å². The van der Waals surface area contributed by atoms with E-state index in [4.69, 9.17) is 0 Å². The summed E-state index contributed by atoms with van der Waals surface area (Å²) in [5.41, 5.74) is 0. The molecule has 0 fully saturated rings. The zero-order valence-corrected chi connectivity index (χ0v) is 4.66. The molecule has 0 aromatic heterocycles. The molecule has 0 atom stereocenters. The summed E-state index contributed by atoms with van der Waals surface area (Å²) in [7, 11) is 0. The van der Waals surface area contributed by atoms with Gasteiger partial charge in [-0.1, -0.05) is 0 Å². The second-order valence-electron chi connectivity index (χ2n) is 1.15. The van der Waals surface area contributed by atoms with Crippen molar-refractivity contribution in [3.05, 3.63) is 12.2 Å². The lowest BCUT2D eigenvalue weighted by atomic mass is 10.7. The molecular formula is C5H8F2O. The number of rotatable bonds is 3. The zero-order valence-electron chi connectivity index (χ0n) is 4.66. The summed E-state index contributed by atoms with van der Waals surface area (Å²) < 4.78 is 26.9. The van der Waals surface area contributed by atoms with Crippen LogP contribution < -0.4 is 0 Å². The molecule has 0 aromatic rings. The van der Waals surface area contributed by atoms with Crippen LogP contribution >= 0.6 is 0 Å². The predicted molar refractivity (Wildman–Crippen MR) is 26.8 cm³/mol. The molecule has 0 saturated heterocycles. The van der Waals surface area contributed by atoms with Gasteiger partial charge in [0.1, 0.15) is 0 Å². The third kappa shape index (κ3) is 5.56. The van der Waals surface area contributed by atoms with Gasteiger partial charge in [0, 0.05) is 12.7 Å². The molecule has 0 aliphatic heterocycles. The molecule has 0 aliphatic carbocycles. The molecule has 0 amide bonds. The Morgan fingerprint density at radius 2 is 2.25 bits per heavy atom. The van der Waals surface area contributed by atoms with Crippen LogP contribution in [-0.4, -0.2) is 13.2 Å². The maximum atomic E-state index is 11.1. The molecule has 48 valence electrons. The zero-order chi connectivity index (χ0) is 6.41. The van der Waals surface area contributed by atoms with Crippen molar-refractivity contribution in [2.24, 2.45) is 0 Å². The molecule has 0 rings (SSSR count). The third-order valence-corrected chi connectivity index (χ3v) is 0.560. The average Bonchev–Trinajstić information content (AvgIpc) is 1.66. The first-order valence-electron chi connectivity index (χ1n) is 2.36. The largest absolute Gasteiger partial charge is 0.377 e. The molecule has 8 heavy (non-hydrogen) atoms. The van der Waals surface area contributed by atoms with Gasteiger partial charge in [0.25, 0.3) is 6.08 Å². The molecule has 0 radical (unpaired) electrons. The molecule has 0 spiro atoms. The lowest BCUT2D eigenvalue weighted by molar-refractivity contribution is 0.174. The summed E-state index contributed by atoms with van der Waals surface area (Å²) in [6.07, 6.45) is -0.942. The van der Waals surface area contributed by atoms with E-state index in [-0.39, 0.29) is 6.61 Å². The van der Waals surface area contributed by atoms with Gasteiger partial charge in [-0.15, -0.1) is 0 Å². The van der Waals surface area contributed by atoms with Gasteiger partial charge in [-0.05, 0) is 6.92 Å². The smallest absolute Gasteiger partial charge is 0.268 e. The Labute approximate surface area is 47.0 Å². The van der Waals surface area contributed by atoms with Crippen molar-refractivity contribution < 1.29 is 13.5 Å². The van der Waals surface area contributed by atoms with Crippen molar-refractivity contribution >= 4 is 0 Å². The van der Waals surface area contributed by atoms with E-state index in [0.717, 1.165) is 6.08 Å². The van der Waals surface area contributed by atoms with Crippen molar-refractivity contribution in [2.45, 2.75) is 6.92 Å². The minimum atomic E-state index is -1.68. The number of halogens is 2. The lowest BCUT2D eigenvalue weighted by Crippen LogP contribution is -1.87. The Morgan fingerprint density at radius 1 is 1.62 bits per heavy atom. The van der Waals surface area contributed by atoms with Crippen LogP contribution in [0.2, 0.25) is 0 Å². The molecule has 3 heteroatoms. The first-order valence-corrected chi connectivity index (χ1v) is 2.36. The molecule has 0 N–H and O–H groups in total. The van der Waals surface area contributed by atoms with Crippen LogP contribution in [0, 0.1) is 0 Å². The van der Waals surface area contributed by atoms with Crippen molar-refractivity contribution in [1.29, 1.82) is 0 Å². The number of ether oxygens (including phenoxy) is 1. The Morgan fingerprint density at radius 3 is 2.62 bits per heavy atom. The van der Waals surface area contributed by atoms with Gasteiger partial charge in [-0.2, -0.15) is 8.78 Å². The van der Waals surface area contributed by atoms with E-state index in [9.17, 15) is 8.78 Å². The van der Waals surface area contributed by atoms with Crippen LogP contribution in [0.1, 0.15) is 6.92 Å². The van der Waals surface area contributed by atoms with Gasteiger partial charge in [-0.3, -0.25) is 0 Å². The lowest BCUT2D eigenvalue weighted by Gasteiger charge is -1.89. The van der Waals surface area contributed by atoms with Crippen molar-refractivity contribution in [3.8, 4) is 0 Å². The van der Waals surface area contributed by atoms with Crippen LogP contribution in [0.25, 0.3) is 0 Å².